The summed E-state index contributed by atoms with van der Waals surface area (Å²) in [7, 11) is -4.47. The van der Waals surface area contributed by atoms with Crippen molar-refractivity contribution in [3.63, 3.8) is 0 Å². The first-order valence-electron chi connectivity index (χ1n) is 19.6. The number of nitrogens with two attached hydrogens (primary N) is 3. The average Bonchev–Trinajstić information content (AvgIpc) is 3.63. The van der Waals surface area contributed by atoms with Crippen molar-refractivity contribution >= 4 is 73.0 Å². The molecule has 0 saturated heterocycles. The summed E-state index contributed by atoms with van der Waals surface area (Å²) in [5.41, 5.74) is 18.9. The van der Waals surface area contributed by atoms with Gasteiger partial charge >= 0.3 is 0 Å². The van der Waals surface area contributed by atoms with Crippen LogP contribution in [0.5, 0.6) is 0 Å². The van der Waals surface area contributed by atoms with Gasteiger partial charge in [-0.1, -0.05) is 42.5 Å². The lowest BCUT2D eigenvalue weighted by Gasteiger charge is -2.23. The number of primary amides is 1. The molecule has 0 radical (unpaired) electrons. The van der Waals surface area contributed by atoms with Crippen LogP contribution < -0.4 is 43.8 Å². The summed E-state index contributed by atoms with van der Waals surface area (Å²) in [6.45, 7) is 0.632. The number of H-pyrrole nitrogens is 1. The maximum atomic E-state index is 13.4. The lowest BCUT2D eigenvalue weighted by molar-refractivity contribution is -0.134. The van der Waals surface area contributed by atoms with E-state index >= 15 is 0 Å². The molecule has 1 aromatic heterocycles. The van der Waals surface area contributed by atoms with Crippen LogP contribution in [0.1, 0.15) is 37.7 Å². The van der Waals surface area contributed by atoms with Gasteiger partial charge in [-0.15, -0.1) is 0 Å². The molecule has 0 bridgehead atoms. The average molecular weight is 867 g/mol. The molecule has 0 aliphatic carbocycles. The molecule has 61 heavy (non-hydrogen) atoms. The fraction of sp³-hybridized carbons (Fsp3) is 0.400. The number of carbonyl (C=O) groups excluding carboxylic acids is 5. The largest absolute Gasteiger partial charge is 0.383 e. The number of benzene rings is 3. The van der Waals surface area contributed by atoms with Crippen LogP contribution in [-0.4, -0.2) is 118 Å². The first-order valence-corrected chi connectivity index (χ1v) is 21.1. The van der Waals surface area contributed by atoms with E-state index in [1.165, 1.54) is 17.7 Å². The van der Waals surface area contributed by atoms with Crippen molar-refractivity contribution in [1.29, 1.82) is 0 Å². The molecule has 4 rings (SSSR count). The summed E-state index contributed by atoms with van der Waals surface area (Å²) in [4.78, 5) is 70.4. The Labute approximate surface area is 352 Å². The number of aryl methyl sites for hydroxylation is 1. The minimum absolute atomic E-state index is 0.0137. The Kier molecular flexibility index (Phi) is 18.7. The number of guanidine groups is 1. The fourth-order valence-electron chi connectivity index (χ4n) is 6.37. The lowest BCUT2D eigenvalue weighted by Crippen LogP contribution is -2.55. The van der Waals surface area contributed by atoms with Crippen molar-refractivity contribution < 1.29 is 46.4 Å². The van der Waals surface area contributed by atoms with Crippen molar-refractivity contribution in [2.45, 2.75) is 55.5 Å². The second-order valence-electron chi connectivity index (χ2n) is 13.9. The summed E-state index contributed by atoms with van der Waals surface area (Å²) in [6, 6.07) is 14.7. The standard InChI is InChI=1S/C40H54N10O10S/c41-35(51)23-33(38(54)46-18-17-44-31-12-4-10-29-28(31)9-5-14-34(29)61(56,57)58)50-39(55)32(13-6-16-47-40(42)43)49-37(53)25-60-22-21-59-20-19-45-36(52)15-3-7-26-24-48-30-11-2-1-8-27(26)30/h1-2,4-5,8-12,14,24,32-33,44,48H,3,6-7,13,15-23,25H2,(H2,41,51)(H,45,52)(H,46,54)(H,49,53)(H,50,55)(H4,42,43,47)(H,56,57,58). The molecule has 0 saturated carbocycles. The zero-order valence-corrected chi connectivity index (χ0v) is 34.4. The molecule has 4 aromatic rings. The number of para-hydroxylation sites is 1. The topological polar surface area (TPSA) is 325 Å². The van der Waals surface area contributed by atoms with Crippen molar-refractivity contribution in [3.8, 4) is 0 Å². The fourth-order valence-corrected chi connectivity index (χ4v) is 7.08. The number of nitrogens with one attached hydrogen (secondary N) is 6. The summed E-state index contributed by atoms with van der Waals surface area (Å²) in [6.07, 6.45) is 3.61. The second kappa shape index (κ2) is 24.1. The minimum atomic E-state index is -4.47. The predicted molar refractivity (Wildman–Crippen MR) is 229 cm³/mol. The third kappa shape index (κ3) is 16.0. The molecule has 0 aliphatic heterocycles. The number of fused-ring (bicyclic) bond motifs is 2. The van der Waals surface area contributed by atoms with E-state index in [2.05, 4.69) is 42.6 Å². The van der Waals surface area contributed by atoms with Gasteiger partial charge in [-0.25, -0.2) is 0 Å². The number of hydrogen-bond donors (Lipinski definition) is 10. The molecule has 0 fully saturated rings. The minimum Gasteiger partial charge on any atom is -0.383 e. The maximum Gasteiger partial charge on any atom is 0.295 e. The van der Waals surface area contributed by atoms with E-state index < -0.39 is 58.9 Å². The summed E-state index contributed by atoms with van der Waals surface area (Å²) < 4.78 is 44.2. The zero-order valence-electron chi connectivity index (χ0n) is 33.6. The number of ether oxygens (including phenoxy) is 2. The van der Waals surface area contributed by atoms with Gasteiger partial charge in [0.1, 0.15) is 23.6 Å². The number of nitrogens with zero attached hydrogens (tertiary/aromatic N) is 1. The van der Waals surface area contributed by atoms with Crippen molar-refractivity contribution in [2.24, 2.45) is 22.2 Å². The summed E-state index contributed by atoms with van der Waals surface area (Å²) in [5.74, 6) is -3.24. The molecule has 3 aromatic carbocycles. The van der Waals surface area contributed by atoms with Gasteiger partial charge in [0.25, 0.3) is 10.1 Å². The molecule has 5 amide bonds. The maximum absolute atomic E-state index is 13.4. The Bertz CT molecular complexity index is 2260. The predicted octanol–water partition coefficient (Wildman–Crippen LogP) is 0.167. The van der Waals surface area contributed by atoms with Crippen LogP contribution in [0.2, 0.25) is 0 Å². The van der Waals surface area contributed by atoms with E-state index in [0.717, 1.165) is 17.3 Å². The number of carbonyl (C=O) groups is 5. The third-order valence-corrected chi connectivity index (χ3v) is 10.1. The van der Waals surface area contributed by atoms with E-state index in [-0.39, 0.29) is 69.1 Å². The first-order chi connectivity index (χ1) is 29.2. The molecule has 20 nitrogen and oxygen atoms in total. The molecule has 2 unspecified atom stereocenters. The number of aromatic nitrogens is 1. The summed E-state index contributed by atoms with van der Waals surface area (Å²) >= 11 is 0. The molecular weight excluding hydrogens is 813 g/mol. The van der Waals surface area contributed by atoms with Crippen molar-refractivity contribution in [2.75, 3.05) is 57.9 Å². The highest BCUT2D eigenvalue weighted by Crippen LogP contribution is 2.28. The molecule has 1 heterocycles. The van der Waals surface area contributed by atoms with Crippen LogP contribution in [-0.2, 0) is 50.0 Å². The van der Waals surface area contributed by atoms with E-state index in [9.17, 15) is 36.9 Å². The quantitative estimate of drug-likeness (QED) is 0.0166. The van der Waals surface area contributed by atoms with Gasteiger partial charge in [-0.3, -0.25) is 33.5 Å². The number of anilines is 1. The van der Waals surface area contributed by atoms with Gasteiger partial charge in [-0.05, 0) is 49.4 Å². The number of aliphatic imine (C=N–C) groups is 1. The number of aromatic amines is 1. The van der Waals surface area contributed by atoms with E-state index in [0.29, 0.717) is 35.8 Å². The Balaban J connectivity index is 1.18. The first kappa shape index (κ1) is 47.4. The number of amides is 5. The summed E-state index contributed by atoms with van der Waals surface area (Å²) in [5, 5.41) is 15.5. The van der Waals surface area contributed by atoms with Crippen LogP contribution in [0.15, 0.2) is 76.7 Å². The molecule has 2 atom stereocenters. The highest BCUT2D eigenvalue weighted by Gasteiger charge is 2.28. The second-order valence-corrected chi connectivity index (χ2v) is 15.3. The van der Waals surface area contributed by atoms with Gasteiger partial charge in [0, 0.05) is 66.2 Å². The Morgan fingerprint density at radius 1 is 0.754 bits per heavy atom. The lowest BCUT2D eigenvalue weighted by atomic mass is 10.1. The monoisotopic (exact) mass is 866 g/mol. The van der Waals surface area contributed by atoms with Gasteiger partial charge in [0.05, 0.1) is 26.2 Å². The van der Waals surface area contributed by atoms with Crippen LogP contribution >= 0.6 is 0 Å². The zero-order chi connectivity index (χ0) is 44.2. The van der Waals surface area contributed by atoms with E-state index in [1.54, 1.807) is 24.3 Å². The Morgan fingerprint density at radius 2 is 1.49 bits per heavy atom. The highest BCUT2D eigenvalue weighted by atomic mass is 32.2. The van der Waals surface area contributed by atoms with Gasteiger partial charge in [-0.2, -0.15) is 8.42 Å². The van der Waals surface area contributed by atoms with Crippen molar-refractivity contribution in [1.82, 2.24) is 26.3 Å². The SMILES string of the molecule is NC(=O)CC(NC(=O)C(CCCN=C(N)N)NC(=O)COCCOCCNC(=O)CCCc1c[nH]c2ccccc12)C(=O)NCCNc1cccc2c(S(=O)(=O)O)cccc12. The normalized spacial score (nSPS) is 12.3. The molecular formula is C40H54N10O10S. The number of hydrogen-bond acceptors (Lipinski definition) is 11. The molecule has 330 valence electrons. The molecule has 0 aliphatic rings. The van der Waals surface area contributed by atoms with E-state index in [1.807, 2.05) is 24.4 Å². The van der Waals surface area contributed by atoms with Gasteiger partial charge < -0.3 is 58.2 Å². The van der Waals surface area contributed by atoms with Crippen LogP contribution in [0.25, 0.3) is 21.7 Å². The third-order valence-electron chi connectivity index (χ3n) is 9.23. The number of rotatable bonds is 27. The van der Waals surface area contributed by atoms with Gasteiger partial charge in [0.15, 0.2) is 5.96 Å². The van der Waals surface area contributed by atoms with Crippen LogP contribution in [0.3, 0.4) is 0 Å². The van der Waals surface area contributed by atoms with Crippen LogP contribution in [0, 0.1) is 0 Å². The smallest absolute Gasteiger partial charge is 0.295 e. The molecule has 13 N–H and O–H groups in total. The van der Waals surface area contributed by atoms with Crippen molar-refractivity contribution in [3.05, 3.63) is 72.4 Å². The Hall–Kier alpha value is -6.29. The highest BCUT2D eigenvalue weighted by molar-refractivity contribution is 7.86. The van der Waals surface area contributed by atoms with Crippen LogP contribution in [0.4, 0.5) is 5.69 Å². The molecule has 21 heteroatoms. The molecule has 0 spiro atoms. The Morgan fingerprint density at radius 3 is 2.26 bits per heavy atom. The van der Waals surface area contributed by atoms with E-state index in [4.69, 9.17) is 26.7 Å². The van der Waals surface area contributed by atoms with Gasteiger partial charge in [0.2, 0.25) is 29.5 Å².